The van der Waals surface area contributed by atoms with Crippen molar-refractivity contribution >= 4 is 23.2 Å². The van der Waals surface area contributed by atoms with Crippen molar-refractivity contribution in [2.24, 2.45) is 0 Å². The van der Waals surface area contributed by atoms with E-state index in [1.54, 1.807) is 17.0 Å². The molecule has 1 aromatic heterocycles. The van der Waals surface area contributed by atoms with Crippen LogP contribution in [0.4, 0.5) is 5.69 Å². The van der Waals surface area contributed by atoms with Crippen LogP contribution < -0.4 is 4.90 Å². The van der Waals surface area contributed by atoms with E-state index < -0.39 is 5.60 Å². The summed E-state index contributed by atoms with van der Waals surface area (Å²) in [7, 11) is 0. The van der Waals surface area contributed by atoms with E-state index in [4.69, 9.17) is 30.2 Å². The molecule has 148 valence electrons. The molecule has 6 nitrogen and oxygen atoms in total. The number of hydrogen-bond acceptors (Lipinski definition) is 5. The van der Waals surface area contributed by atoms with Gasteiger partial charge in [-0.1, -0.05) is 24.3 Å². The fourth-order valence-electron chi connectivity index (χ4n) is 4.74. The average Bonchev–Trinajstić information content (AvgIpc) is 3.43. The highest BCUT2D eigenvalue weighted by molar-refractivity contribution is 6.28. The highest BCUT2D eigenvalue weighted by atomic mass is 35.5. The lowest BCUT2D eigenvalue weighted by Crippen LogP contribution is -2.46. The minimum absolute atomic E-state index is 0.119. The van der Waals surface area contributed by atoms with Gasteiger partial charge in [0.2, 0.25) is 0 Å². The summed E-state index contributed by atoms with van der Waals surface area (Å²) in [5.41, 5.74) is 2.51. The number of amides is 1. The Kier molecular flexibility index (Phi) is 3.80. The molecule has 0 N–H and O–H groups in total. The highest BCUT2D eigenvalue weighted by Gasteiger charge is 2.57. The van der Waals surface area contributed by atoms with Gasteiger partial charge in [-0.3, -0.25) is 4.79 Å². The van der Waals surface area contributed by atoms with E-state index in [0.29, 0.717) is 17.6 Å². The van der Waals surface area contributed by atoms with Crippen LogP contribution in [0.15, 0.2) is 58.6 Å². The molecular formula is C22H18ClNO5. The molecule has 2 aromatic rings. The number of furan rings is 1. The lowest BCUT2D eigenvalue weighted by Gasteiger charge is -2.36. The van der Waals surface area contributed by atoms with Gasteiger partial charge in [0, 0.05) is 5.56 Å². The topological polar surface area (TPSA) is 61.1 Å². The van der Waals surface area contributed by atoms with Gasteiger partial charge in [-0.05, 0) is 53.4 Å². The minimum atomic E-state index is -1.17. The maximum atomic E-state index is 13.9. The SMILES string of the molecule is O=C1N(Cc2ccc(Cl)o2)c2cccc3c2C1(C1=CC2OCOC2C=C1)OCC3. The maximum Gasteiger partial charge on any atom is 0.269 e. The third kappa shape index (κ3) is 2.43. The van der Waals surface area contributed by atoms with E-state index in [1.807, 2.05) is 30.4 Å². The van der Waals surface area contributed by atoms with E-state index in [9.17, 15) is 4.79 Å². The van der Waals surface area contributed by atoms with E-state index in [0.717, 1.165) is 28.8 Å². The van der Waals surface area contributed by atoms with Crippen molar-refractivity contribution in [3.63, 3.8) is 0 Å². The molecule has 1 amide bonds. The van der Waals surface area contributed by atoms with Gasteiger partial charge in [-0.15, -0.1) is 0 Å². The van der Waals surface area contributed by atoms with Crippen LogP contribution in [0, 0.1) is 0 Å². The van der Waals surface area contributed by atoms with Crippen LogP contribution in [0.5, 0.6) is 0 Å². The number of nitrogens with zero attached hydrogens (tertiary/aromatic N) is 1. The molecule has 6 rings (SSSR count). The first-order chi connectivity index (χ1) is 14.2. The van der Waals surface area contributed by atoms with Crippen molar-refractivity contribution in [1.29, 1.82) is 0 Å². The van der Waals surface area contributed by atoms with Gasteiger partial charge < -0.3 is 23.5 Å². The molecule has 1 saturated heterocycles. The third-order valence-electron chi connectivity index (χ3n) is 6.01. The fourth-order valence-corrected chi connectivity index (χ4v) is 4.90. The Morgan fingerprint density at radius 1 is 1.17 bits per heavy atom. The number of rotatable bonds is 3. The molecule has 4 heterocycles. The molecule has 0 saturated carbocycles. The number of carbonyl (C=O) groups is 1. The van der Waals surface area contributed by atoms with Gasteiger partial charge in [-0.2, -0.15) is 0 Å². The Hall–Kier alpha value is -2.38. The zero-order valence-corrected chi connectivity index (χ0v) is 16.2. The number of halogens is 1. The Morgan fingerprint density at radius 2 is 2.07 bits per heavy atom. The molecular weight excluding hydrogens is 394 g/mol. The molecule has 3 aliphatic heterocycles. The Labute approximate surface area is 172 Å². The van der Waals surface area contributed by atoms with Crippen molar-refractivity contribution < 1.29 is 23.4 Å². The van der Waals surface area contributed by atoms with Crippen molar-refractivity contribution in [2.75, 3.05) is 18.3 Å². The highest BCUT2D eigenvalue weighted by Crippen LogP contribution is 2.52. The van der Waals surface area contributed by atoms with Crippen LogP contribution in [-0.4, -0.2) is 31.5 Å². The van der Waals surface area contributed by atoms with Gasteiger partial charge in [-0.25, -0.2) is 0 Å². The molecule has 0 bridgehead atoms. The second-order valence-electron chi connectivity index (χ2n) is 7.55. The Morgan fingerprint density at radius 3 is 2.93 bits per heavy atom. The number of carbonyl (C=O) groups excluding carboxylic acids is 1. The van der Waals surface area contributed by atoms with E-state index >= 15 is 0 Å². The molecule has 4 aliphatic rings. The van der Waals surface area contributed by atoms with Gasteiger partial charge in [0.25, 0.3) is 5.91 Å². The van der Waals surface area contributed by atoms with Gasteiger partial charge in [0.05, 0.1) is 18.8 Å². The first kappa shape index (κ1) is 17.5. The van der Waals surface area contributed by atoms with Crippen LogP contribution in [0.3, 0.4) is 0 Å². The van der Waals surface area contributed by atoms with Crippen LogP contribution in [0.1, 0.15) is 16.9 Å². The summed E-state index contributed by atoms with van der Waals surface area (Å²) in [4.78, 5) is 15.6. The predicted molar refractivity (Wildman–Crippen MR) is 105 cm³/mol. The molecule has 29 heavy (non-hydrogen) atoms. The first-order valence-corrected chi connectivity index (χ1v) is 10.0. The van der Waals surface area contributed by atoms with Crippen LogP contribution in [0.2, 0.25) is 5.22 Å². The molecule has 1 fully saturated rings. The number of benzene rings is 1. The number of hydrogen-bond donors (Lipinski definition) is 0. The van der Waals surface area contributed by atoms with E-state index in [1.165, 1.54) is 0 Å². The Balaban J connectivity index is 1.50. The van der Waals surface area contributed by atoms with Crippen molar-refractivity contribution in [2.45, 2.75) is 30.8 Å². The van der Waals surface area contributed by atoms with Crippen LogP contribution in [0.25, 0.3) is 0 Å². The molecule has 1 aromatic carbocycles. The molecule has 0 spiro atoms. The lowest BCUT2D eigenvalue weighted by atomic mass is 9.79. The van der Waals surface area contributed by atoms with Crippen molar-refractivity contribution in [3.8, 4) is 0 Å². The summed E-state index contributed by atoms with van der Waals surface area (Å²) in [5.74, 6) is 0.496. The normalized spacial score (nSPS) is 29.8. The first-order valence-electron chi connectivity index (χ1n) is 9.63. The monoisotopic (exact) mass is 411 g/mol. The van der Waals surface area contributed by atoms with Crippen molar-refractivity contribution in [1.82, 2.24) is 0 Å². The summed E-state index contributed by atoms with van der Waals surface area (Å²) >= 11 is 5.94. The van der Waals surface area contributed by atoms with E-state index in [-0.39, 0.29) is 31.5 Å². The van der Waals surface area contributed by atoms with Gasteiger partial charge in [0.15, 0.2) is 10.8 Å². The smallest absolute Gasteiger partial charge is 0.269 e. The van der Waals surface area contributed by atoms with E-state index in [2.05, 4.69) is 6.07 Å². The van der Waals surface area contributed by atoms with Gasteiger partial charge in [0.1, 0.15) is 24.8 Å². The molecule has 0 radical (unpaired) electrons. The summed E-state index contributed by atoms with van der Waals surface area (Å²) in [6.07, 6.45) is 6.29. The quantitative estimate of drug-likeness (QED) is 0.773. The average molecular weight is 412 g/mol. The summed E-state index contributed by atoms with van der Waals surface area (Å²) in [5, 5.41) is 0.301. The van der Waals surface area contributed by atoms with Crippen LogP contribution >= 0.6 is 11.6 Å². The van der Waals surface area contributed by atoms with Crippen molar-refractivity contribution in [3.05, 3.63) is 76.2 Å². The maximum absolute atomic E-state index is 13.9. The lowest BCUT2D eigenvalue weighted by molar-refractivity contribution is -0.139. The number of ether oxygens (including phenoxy) is 3. The fraction of sp³-hybridized carbons (Fsp3) is 0.318. The summed E-state index contributed by atoms with van der Waals surface area (Å²) in [6, 6.07) is 9.48. The predicted octanol–water partition coefficient (Wildman–Crippen LogP) is 3.49. The van der Waals surface area contributed by atoms with Gasteiger partial charge >= 0.3 is 0 Å². The summed E-state index contributed by atoms with van der Waals surface area (Å²) < 4.78 is 23.1. The molecule has 1 aliphatic carbocycles. The number of fused-ring (bicyclic) bond motifs is 1. The number of anilines is 1. The summed E-state index contributed by atoms with van der Waals surface area (Å²) in [6.45, 7) is 1.01. The second kappa shape index (κ2) is 6.31. The van der Waals surface area contributed by atoms with Crippen LogP contribution in [-0.2, 0) is 37.6 Å². The standard InChI is InChI=1S/C22H18ClNO5/c23-19-7-5-15(29-19)11-24-16-3-1-2-13-8-9-28-22(20(13)16,21(24)25)14-4-6-17-18(10-14)27-12-26-17/h1-7,10,17-18H,8-9,11-12H2. The minimum Gasteiger partial charge on any atom is -0.448 e. The third-order valence-corrected chi connectivity index (χ3v) is 6.21. The Bertz CT molecular complexity index is 1070. The molecule has 7 heteroatoms. The second-order valence-corrected chi connectivity index (χ2v) is 7.92. The largest absolute Gasteiger partial charge is 0.448 e. The zero-order chi connectivity index (χ0) is 19.6. The molecule has 3 atom stereocenters. The zero-order valence-electron chi connectivity index (χ0n) is 15.5. The molecule has 3 unspecified atom stereocenters.